The number of nitrogens with zero attached hydrogens (tertiary/aromatic N) is 4. The van der Waals surface area contributed by atoms with Gasteiger partial charge in [0, 0.05) is 16.3 Å². The van der Waals surface area contributed by atoms with Crippen LogP contribution in [-0.2, 0) is 0 Å². The third-order valence-corrected chi connectivity index (χ3v) is 9.34. The zero-order chi connectivity index (χ0) is 34.5. The Bertz CT molecular complexity index is 2640. The Kier molecular flexibility index (Phi) is 7.02. The SMILES string of the molecule is N#CC(C#N)=c1c(-c2ccc(F)cc2)c2c3ccc(-c4ccc(C#N)cc4)c4c(-c5ccc(C#N)cc5)ccc(c-2c1-c1ccc(F)cc1)c34. The molecule has 2 aliphatic carbocycles. The van der Waals surface area contributed by atoms with Gasteiger partial charge in [-0.25, -0.2) is 8.78 Å². The van der Waals surface area contributed by atoms with Gasteiger partial charge >= 0.3 is 0 Å². The fraction of sp³-hybridized carbons (Fsp3) is 0. The standard InChI is InChI=1S/C44H20F2N4/c45-32-13-9-29(10-14-32)38-40(31(23-49)24-50)39(30-11-15-33(46)16-12-30)44-37-20-18-35(28-7-3-26(22-48)4-8-28)41-34(17-19-36(42(37)41)43(38)44)27-5-1-25(21-47)2-6-27/h1-20H. The summed E-state index contributed by atoms with van der Waals surface area (Å²) in [7, 11) is 0. The van der Waals surface area contributed by atoms with Crippen molar-refractivity contribution in [3.63, 3.8) is 0 Å². The van der Waals surface area contributed by atoms with E-state index in [0.717, 1.165) is 54.9 Å². The second-order valence-electron chi connectivity index (χ2n) is 11.9. The number of benzene rings is 6. The molecule has 0 atom stereocenters. The number of rotatable bonds is 4. The summed E-state index contributed by atoms with van der Waals surface area (Å²) < 4.78 is 28.6. The van der Waals surface area contributed by atoms with Crippen molar-refractivity contribution >= 4 is 27.1 Å². The first kappa shape index (κ1) is 30.0. The zero-order valence-electron chi connectivity index (χ0n) is 26.1. The van der Waals surface area contributed by atoms with Gasteiger partial charge in [0.25, 0.3) is 0 Å². The summed E-state index contributed by atoms with van der Waals surface area (Å²) in [6.45, 7) is 0. The average Bonchev–Trinajstić information content (AvgIpc) is 3.67. The van der Waals surface area contributed by atoms with Crippen molar-refractivity contribution < 1.29 is 8.78 Å². The molecule has 6 aromatic carbocycles. The lowest BCUT2D eigenvalue weighted by atomic mass is 9.88. The Labute approximate surface area is 285 Å². The number of halogens is 2. The molecule has 230 valence electrons. The maximum absolute atomic E-state index is 14.3. The molecule has 4 nitrogen and oxygen atoms in total. The molecule has 0 saturated carbocycles. The van der Waals surface area contributed by atoms with E-state index in [1.165, 1.54) is 24.3 Å². The number of fused-ring (bicyclic) bond motifs is 3. The molecule has 0 aliphatic heterocycles. The lowest BCUT2D eigenvalue weighted by Crippen LogP contribution is -2.09. The van der Waals surface area contributed by atoms with Crippen LogP contribution in [0.25, 0.3) is 82.8 Å². The molecule has 6 aromatic rings. The molecule has 0 N–H and O–H groups in total. The van der Waals surface area contributed by atoms with E-state index < -0.39 is 11.6 Å². The minimum atomic E-state index is -0.425. The van der Waals surface area contributed by atoms with Crippen molar-refractivity contribution in [1.29, 1.82) is 21.0 Å². The number of hydrogen-bond donors (Lipinski definition) is 0. The largest absolute Gasteiger partial charge is 0.207 e. The second-order valence-corrected chi connectivity index (χ2v) is 11.9. The molecule has 6 heteroatoms. The third-order valence-electron chi connectivity index (χ3n) is 9.34. The van der Waals surface area contributed by atoms with Crippen LogP contribution in [0.15, 0.2) is 121 Å². The van der Waals surface area contributed by atoms with Crippen molar-refractivity contribution in [3.05, 3.63) is 149 Å². The van der Waals surface area contributed by atoms with Gasteiger partial charge in [-0.3, -0.25) is 0 Å². The van der Waals surface area contributed by atoms with Crippen molar-refractivity contribution in [3.8, 4) is 79.9 Å². The van der Waals surface area contributed by atoms with Crippen molar-refractivity contribution in [2.24, 2.45) is 0 Å². The topological polar surface area (TPSA) is 95.2 Å². The molecule has 2 aliphatic rings. The van der Waals surface area contributed by atoms with Crippen LogP contribution in [0.3, 0.4) is 0 Å². The van der Waals surface area contributed by atoms with Gasteiger partial charge in [-0.05, 0) is 115 Å². The summed E-state index contributed by atoms with van der Waals surface area (Å²) in [5.74, 6) is -0.849. The summed E-state index contributed by atoms with van der Waals surface area (Å²) in [6.07, 6.45) is 0. The lowest BCUT2D eigenvalue weighted by molar-refractivity contribution is 0.627. The first-order valence-corrected chi connectivity index (χ1v) is 15.6. The van der Waals surface area contributed by atoms with Crippen LogP contribution in [-0.4, -0.2) is 0 Å². The fourth-order valence-electron chi connectivity index (χ4n) is 7.20. The maximum Gasteiger partial charge on any atom is 0.138 e. The molecule has 50 heavy (non-hydrogen) atoms. The van der Waals surface area contributed by atoms with E-state index in [4.69, 9.17) is 0 Å². The van der Waals surface area contributed by atoms with Gasteiger partial charge in [0.15, 0.2) is 0 Å². The first-order chi connectivity index (χ1) is 24.4. The summed E-state index contributed by atoms with van der Waals surface area (Å²) in [4.78, 5) is 0. The highest BCUT2D eigenvalue weighted by Crippen LogP contribution is 2.54. The van der Waals surface area contributed by atoms with E-state index in [2.05, 4.69) is 24.3 Å². The Morgan fingerprint density at radius 1 is 0.400 bits per heavy atom. The maximum atomic E-state index is 14.3. The summed E-state index contributed by atoms with van der Waals surface area (Å²) in [5.41, 5.74) is 8.66. The molecule has 0 radical (unpaired) electrons. The van der Waals surface area contributed by atoms with Gasteiger partial charge in [-0.1, -0.05) is 72.8 Å². The van der Waals surface area contributed by atoms with Crippen LogP contribution < -0.4 is 5.22 Å². The molecule has 0 amide bonds. The lowest BCUT2D eigenvalue weighted by Gasteiger charge is -2.14. The molecule has 0 unspecified atom stereocenters. The van der Waals surface area contributed by atoms with E-state index in [9.17, 15) is 29.8 Å². The van der Waals surface area contributed by atoms with E-state index in [-0.39, 0.29) is 5.57 Å². The predicted octanol–water partition coefficient (Wildman–Crippen LogP) is 10.1. The Hall–Kier alpha value is -7.38. The number of nitriles is 4. The normalized spacial score (nSPS) is 10.9. The Balaban J connectivity index is 1.62. The van der Waals surface area contributed by atoms with Crippen LogP contribution in [0.1, 0.15) is 11.1 Å². The van der Waals surface area contributed by atoms with Gasteiger partial charge in [-0.15, -0.1) is 0 Å². The summed E-state index contributed by atoms with van der Waals surface area (Å²) >= 11 is 0. The molecule has 0 saturated heterocycles. The van der Waals surface area contributed by atoms with E-state index in [1.54, 1.807) is 48.5 Å². The second kappa shape index (κ2) is 11.7. The van der Waals surface area contributed by atoms with Gasteiger partial charge in [0.05, 0.1) is 23.3 Å². The molecule has 8 rings (SSSR count). The van der Waals surface area contributed by atoms with Gasteiger partial charge in [0.1, 0.15) is 29.3 Å². The average molecular weight is 643 g/mol. The number of hydrogen-bond acceptors (Lipinski definition) is 4. The van der Waals surface area contributed by atoms with Crippen LogP contribution >= 0.6 is 0 Å². The molecule has 0 aromatic heterocycles. The molecule has 0 spiro atoms. The molecule has 0 heterocycles. The Morgan fingerprint density at radius 2 is 0.780 bits per heavy atom. The van der Waals surface area contributed by atoms with E-state index in [1.807, 2.05) is 48.5 Å². The molecule has 0 fully saturated rings. The van der Waals surface area contributed by atoms with Crippen molar-refractivity contribution in [2.45, 2.75) is 0 Å². The molecular weight excluding hydrogens is 623 g/mol. The van der Waals surface area contributed by atoms with E-state index >= 15 is 0 Å². The van der Waals surface area contributed by atoms with Gasteiger partial charge in [0.2, 0.25) is 0 Å². The quantitative estimate of drug-likeness (QED) is 0.191. The van der Waals surface area contributed by atoms with Crippen LogP contribution in [0.2, 0.25) is 0 Å². The van der Waals surface area contributed by atoms with E-state index in [0.29, 0.717) is 38.6 Å². The molecule has 0 bridgehead atoms. The van der Waals surface area contributed by atoms with Crippen LogP contribution in [0, 0.1) is 57.0 Å². The summed E-state index contributed by atoms with van der Waals surface area (Å²) in [6, 6.07) is 43.4. The summed E-state index contributed by atoms with van der Waals surface area (Å²) in [5, 5.41) is 43.5. The minimum Gasteiger partial charge on any atom is -0.207 e. The monoisotopic (exact) mass is 642 g/mol. The van der Waals surface area contributed by atoms with Gasteiger partial charge < -0.3 is 0 Å². The fourth-order valence-corrected chi connectivity index (χ4v) is 7.20. The first-order valence-electron chi connectivity index (χ1n) is 15.6. The van der Waals surface area contributed by atoms with Crippen molar-refractivity contribution in [1.82, 2.24) is 0 Å². The predicted molar refractivity (Wildman–Crippen MR) is 190 cm³/mol. The van der Waals surface area contributed by atoms with Crippen LogP contribution in [0.5, 0.6) is 0 Å². The highest BCUT2D eigenvalue weighted by molar-refractivity contribution is 6.33. The van der Waals surface area contributed by atoms with Crippen molar-refractivity contribution in [2.75, 3.05) is 0 Å². The van der Waals surface area contributed by atoms with Gasteiger partial charge in [-0.2, -0.15) is 21.0 Å². The Morgan fingerprint density at radius 3 is 1.14 bits per heavy atom. The third kappa shape index (κ3) is 4.53. The van der Waals surface area contributed by atoms with Crippen LogP contribution in [0.4, 0.5) is 8.78 Å². The smallest absolute Gasteiger partial charge is 0.138 e. The highest BCUT2D eigenvalue weighted by Gasteiger charge is 2.31. The zero-order valence-corrected chi connectivity index (χ0v) is 26.1. The highest BCUT2D eigenvalue weighted by atomic mass is 19.1. The molecular formula is C44H20F2N4. The minimum absolute atomic E-state index is 0.112.